The molecule has 8 aromatic carbocycles. The third-order valence-corrected chi connectivity index (χ3v) is 12.0. The predicted molar refractivity (Wildman–Crippen MR) is 247 cm³/mol. The summed E-state index contributed by atoms with van der Waals surface area (Å²) in [5.74, 6) is 0.251. The van der Waals surface area contributed by atoms with Gasteiger partial charge in [-0.2, -0.15) is 52.7 Å². The van der Waals surface area contributed by atoms with Gasteiger partial charge in [0, 0.05) is 33.0 Å². The lowest BCUT2D eigenvalue weighted by atomic mass is 9.96. The van der Waals surface area contributed by atoms with E-state index in [1.54, 1.807) is 47.0 Å². The smallest absolute Gasteiger partial charge is 0.309 e. The number of rotatable bonds is 7. The molecule has 0 aliphatic heterocycles. The highest BCUT2D eigenvalue weighted by atomic mass is 19.4. The van der Waals surface area contributed by atoms with Gasteiger partial charge in [-0.05, 0) is 107 Å². The molecule has 0 radical (unpaired) electrons. The van der Waals surface area contributed by atoms with E-state index < -0.39 is 63.9 Å². The van der Waals surface area contributed by atoms with E-state index in [9.17, 15) is 57.1 Å². The van der Waals surface area contributed by atoms with Crippen LogP contribution < -0.4 is 0 Å². The summed E-state index contributed by atoms with van der Waals surface area (Å²) in [4.78, 5) is 14.4. The van der Waals surface area contributed by atoms with Gasteiger partial charge in [-0.25, -0.2) is 19.3 Å². The Bertz CT molecular complexity index is 3430. The quantitative estimate of drug-likeness (QED) is 0.149. The Morgan fingerprint density at radius 2 is 0.667 bits per heavy atom. The van der Waals surface area contributed by atoms with E-state index in [0.29, 0.717) is 69.4 Å². The van der Waals surface area contributed by atoms with Crippen molar-refractivity contribution >= 4 is 21.8 Å². The molecular weight excluding hydrogens is 964 g/mol. The van der Waals surface area contributed by atoms with Gasteiger partial charge >= 0.3 is 24.7 Å². The van der Waals surface area contributed by atoms with E-state index in [0.717, 1.165) is 0 Å². The minimum absolute atomic E-state index is 0.0213. The molecule has 72 heavy (non-hydrogen) atoms. The Morgan fingerprint density at radius 3 is 1.06 bits per heavy atom. The van der Waals surface area contributed by atoms with Gasteiger partial charge in [-0.3, -0.25) is 0 Å². The standard InChI is InChI=1S/C55H29F13N4/c56-42-16-11-30(12-17-42)43-18-13-35(51-70-49(31-7-3-1-4-8-31)69-50(71-51)32-9-5-2-6-10-32)27-48(43)72-46-19-14-33(36-21-38(52(57,58)59)28-39(22-36)53(60,61)62)25-44(46)45-26-34(15-20-47(45)72)37-23-40(54(63,64)65)29-41(24-37)55(66,67)68/h1-29H. The first kappa shape index (κ1) is 47.3. The third-order valence-electron chi connectivity index (χ3n) is 12.0. The van der Waals surface area contributed by atoms with E-state index in [-0.39, 0.29) is 50.9 Å². The summed E-state index contributed by atoms with van der Waals surface area (Å²) in [5.41, 5.74) is -4.15. The highest BCUT2D eigenvalue weighted by molar-refractivity contribution is 6.12. The highest BCUT2D eigenvalue weighted by Crippen LogP contribution is 2.45. The normalized spacial score (nSPS) is 12.5. The summed E-state index contributed by atoms with van der Waals surface area (Å²) in [5, 5.41) is 0.262. The van der Waals surface area contributed by atoms with Crippen molar-refractivity contribution in [3.05, 3.63) is 204 Å². The fraction of sp³-hybridized carbons (Fsp3) is 0.0727. The third kappa shape index (κ3) is 9.24. The van der Waals surface area contributed by atoms with Crippen molar-refractivity contribution < 1.29 is 57.1 Å². The first-order valence-corrected chi connectivity index (χ1v) is 21.5. The van der Waals surface area contributed by atoms with Crippen LogP contribution >= 0.6 is 0 Å². The van der Waals surface area contributed by atoms with Crippen LogP contribution in [0.4, 0.5) is 57.1 Å². The van der Waals surface area contributed by atoms with Crippen LogP contribution in [0.25, 0.3) is 95.0 Å². The number of fused-ring (bicyclic) bond motifs is 3. The average Bonchev–Trinajstić information content (AvgIpc) is 3.68. The lowest BCUT2D eigenvalue weighted by Crippen LogP contribution is -2.11. The molecule has 0 atom stereocenters. The molecule has 0 fully saturated rings. The number of alkyl halides is 12. The Balaban J connectivity index is 1.27. The fourth-order valence-electron chi connectivity index (χ4n) is 8.55. The maximum atomic E-state index is 14.5. The van der Waals surface area contributed by atoms with E-state index in [2.05, 4.69) is 0 Å². The number of hydrogen-bond acceptors (Lipinski definition) is 3. The van der Waals surface area contributed by atoms with Gasteiger partial charge in [-0.15, -0.1) is 0 Å². The number of aromatic nitrogens is 4. The van der Waals surface area contributed by atoms with Crippen LogP contribution in [0.2, 0.25) is 0 Å². The Labute approximate surface area is 399 Å². The predicted octanol–water partition coefficient (Wildman–Crippen LogP) is 17.2. The second-order valence-electron chi connectivity index (χ2n) is 16.7. The van der Waals surface area contributed by atoms with Crippen molar-refractivity contribution in [2.75, 3.05) is 0 Å². The van der Waals surface area contributed by atoms with Crippen molar-refractivity contribution in [3.8, 4) is 73.2 Å². The Hall–Kier alpha value is -8.34. The molecule has 0 N–H and O–H groups in total. The summed E-state index contributed by atoms with van der Waals surface area (Å²) >= 11 is 0. The Kier molecular flexibility index (Phi) is 11.5. The van der Waals surface area contributed by atoms with Gasteiger partial charge < -0.3 is 4.57 Å². The molecule has 2 heterocycles. The highest BCUT2D eigenvalue weighted by Gasteiger charge is 2.39. The molecule has 360 valence electrons. The second-order valence-corrected chi connectivity index (χ2v) is 16.7. The van der Waals surface area contributed by atoms with Crippen LogP contribution in [0.1, 0.15) is 22.3 Å². The van der Waals surface area contributed by atoms with Crippen LogP contribution in [0, 0.1) is 5.82 Å². The van der Waals surface area contributed by atoms with Crippen LogP contribution in [-0.2, 0) is 24.7 Å². The molecule has 0 bridgehead atoms. The van der Waals surface area contributed by atoms with Gasteiger partial charge in [-0.1, -0.05) is 97.1 Å². The number of nitrogens with zero attached hydrogens (tertiary/aromatic N) is 4. The van der Waals surface area contributed by atoms with Crippen LogP contribution in [0.15, 0.2) is 176 Å². The summed E-state index contributed by atoms with van der Waals surface area (Å²) in [6.07, 6.45) is -20.8. The molecule has 0 unspecified atom stereocenters. The number of halogens is 13. The SMILES string of the molecule is Fc1ccc(-c2ccc(-c3nc(-c4ccccc4)nc(-c4ccccc4)n3)cc2-n2c3ccc(-c4cc(C(F)(F)F)cc(C(F)(F)F)c4)cc3c3cc(-c4cc(C(F)(F)F)cc(C(F)(F)F)c4)ccc32)cc1. The van der Waals surface area contributed by atoms with Crippen molar-refractivity contribution in [1.82, 2.24) is 19.5 Å². The minimum Gasteiger partial charge on any atom is -0.309 e. The fourth-order valence-corrected chi connectivity index (χ4v) is 8.55. The van der Waals surface area contributed by atoms with E-state index in [4.69, 9.17) is 15.0 Å². The lowest BCUT2D eigenvalue weighted by Gasteiger charge is -2.17. The Morgan fingerprint density at radius 1 is 0.306 bits per heavy atom. The molecule has 10 rings (SSSR count). The van der Waals surface area contributed by atoms with Gasteiger partial charge in [0.15, 0.2) is 17.5 Å². The summed E-state index contributed by atoms with van der Waals surface area (Å²) in [7, 11) is 0. The van der Waals surface area contributed by atoms with Crippen molar-refractivity contribution in [2.24, 2.45) is 0 Å². The van der Waals surface area contributed by atoms with Crippen LogP contribution in [0.5, 0.6) is 0 Å². The van der Waals surface area contributed by atoms with Gasteiger partial charge in [0.2, 0.25) is 0 Å². The first-order chi connectivity index (χ1) is 34.1. The molecule has 0 saturated heterocycles. The molecule has 2 aromatic heterocycles. The van der Waals surface area contributed by atoms with Crippen molar-refractivity contribution in [2.45, 2.75) is 24.7 Å². The zero-order valence-corrected chi connectivity index (χ0v) is 36.4. The van der Waals surface area contributed by atoms with E-state index in [1.165, 1.54) is 60.7 Å². The van der Waals surface area contributed by atoms with Crippen LogP contribution in [0.3, 0.4) is 0 Å². The monoisotopic (exact) mass is 992 g/mol. The second kappa shape index (κ2) is 17.5. The molecule has 0 aliphatic carbocycles. The summed E-state index contributed by atoms with van der Waals surface area (Å²) < 4.78 is 186. The van der Waals surface area contributed by atoms with E-state index in [1.807, 2.05) is 36.4 Å². The first-order valence-electron chi connectivity index (χ1n) is 21.5. The van der Waals surface area contributed by atoms with Gasteiger partial charge in [0.05, 0.1) is 39.0 Å². The van der Waals surface area contributed by atoms with Crippen molar-refractivity contribution in [1.29, 1.82) is 0 Å². The lowest BCUT2D eigenvalue weighted by molar-refractivity contribution is -0.144. The van der Waals surface area contributed by atoms with Crippen molar-refractivity contribution in [3.63, 3.8) is 0 Å². The maximum Gasteiger partial charge on any atom is 0.416 e. The molecule has 0 saturated carbocycles. The number of hydrogen-bond donors (Lipinski definition) is 0. The minimum atomic E-state index is -5.20. The zero-order valence-electron chi connectivity index (χ0n) is 36.4. The molecule has 17 heteroatoms. The molecule has 0 aliphatic rings. The zero-order chi connectivity index (χ0) is 50.9. The summed E-state index contributed by atoms with van der Waals surface area (Å²) in [6.45, 7) is 0. The molecule has 0 amide bonds. The molecule has 4 nitrogen and oxygen atoms in total. The molecule has 10 aromatic rings. The van der Waals surface area contributed by atoms with E-state index >= 15 is 0 Å². The topological polar surface area (TPSA) is 43.6 Å². The van der Waals surface area contributed by atoms with Crippen LogP contribution in [-0.4, -0.2) is 19.5 Å². The number of benzene rings is 8. The largest absolute Gasteiger partial charge is 0.416 e. The maximum absolute atomic E-state index is 14.5. The molecular formula is C55H29F13N4. The van der Waals surface area contributed by atoms with Gasteiger partial charge in [0.1, 0.15) is 5.82 Å². The molecule has 0 spiro atoms. The summed E-state index contributed by atoms with van der Waals surface area (Å²) in [6, 6.07) is 38.8. The average molecular weight is 993 g/mol. The van der Waals surface area contributed by atoms with Gasteiger partial charge in [0.25, 0.3) is 0 Å².